The summed E-state index contributed by atoms with van der Waals surface area (Å²) >= 11 is 3.71. The van der Waals surface area contributed by atoms with Crippen molar-refractivity contribution in [2.75, 3.05) is 39.5 Å². The Labute approximate surface area is 161 Å². The molecule has 1 aromatic carbocycles. The average Bonchev–Trinajstić information content (AvgIpc) is 2.67. The lowest BCUT2D eigenvalue weighted by Crippen LogP contribution is -2.36. The summed E-state index contributed by atoms with van der Waals surface area (Å²) in [4.78, 5) is 2.50. The lowest BCUT2D eigenvalue weighted by Gasteiger charge is -2.26. The van der Waals surface area contributed by atoms with E-state index < -0.39 is 0 Å². The molecule has 0 atom stereocenters. The van der Waals surface area contributed by atoms with Gasteiger partial charge in [0.15, 0.2) is 0 Å². The molecule has 0 aromatic heterocycles. The van der Waals surface area contributed by atoms with E-state index in [4.69, 9.17) is 9.47 Å². The first-order valence-electron chi connectivity index (χ1n) is 10.1. The van der Waals surface area contributed by atoms with Gasteiger partial charge in [0.05, 0.1) is 24.3 Å². The van der Waals surface area contributed by atoms with Crippen molar-refractivity contribution < 1.29 is 9.47 Å². The highest BCUT2D eigenvalue weighted by molar-refractivity contribution is 9.10. The van der Waals surface area contributed by atoms with Crippen molar-refractivity contribution in [1.82, 2.24) is 4.90 Å². The molecule has 1 aliphatic heterocycles. The summed E-state index contributed by atoms with van der Waals surface area (Å²) in [7, 11) is 0. The molecule has 140 valence electrons. The number of ether oxygens (including phenoxy) is 2. The summed E-state index contributed by atoms with van der Waals surface area (Å²) in [5.41, 5.74) is 1.48. The Balaban J connectivity index is 1.33. The molecule has 3 rings (SSSR count). The minimum atomic E-state index is 0.749. The maximum absolute atomic E-state index is 5.99. The van der Waals surface area contributed by atoms with Crippen molar-refractivity contribution in [3.63, 3.8) is 0 Å². The lowest BCUT2D eigenvalue weighted by molar-refractivity contribution is 0.0370. The molecule has 0 bridgehead atoms. The molecule has 4 heteroatoms. The number of nitrogens with zero attached hydrogens (tertiary/aromatic N) is 1. The zero-order valence-corrected chi connectivity index (χ0v) is 16.9. The second-order valence-electron chi connectivity index (χ2n) is 7.39. The lowest BCUT2D eigenvalue weighted by atomic mass is 9.84. The van der Waals surface area contributed by atoms with E-state index in [-0.39, 0.29) is 0 Å². The Morgan fingerprint density at radius 3 is 2.60 bits per heavy atom. The van der Waals surface area contributed by atoms with E-state index in [9.17, 15) is 0 Å². The van der Waals surface area contributed by atoms with Crippen LogP contribution in [-0.4, -0.2) is 44.4 Å². The molecule has 0 N–H and O–H groups in total. The summed E-state index contributed by atoms with van der Waals surface area (Å²) in [5, 5.41) is 0. The van der Waals surface area contributed by atoms with Crippen molar-refractivity contribution in [2.24, 2.45) is 0 Å². The minimum Gasteiger partial charge on any atom is -0.492 e. The summed E-state index contributed by atoms with van der Waals surface area (Å²) < 4.78 is 12.5. The van der Waals surface area contributed by atoms with E-state index in [2.05, 4.69) is 39.0 Å². The van der Waals surface area contributed by atoms with Gasteiger partial charge in [-0.3, -0.25) is 4.90 Å². The first-order chi connectivity index (χ1) is 12.3. The number of benzene rings is 1. The van der Waals surface area contributed by atoms with Crippen LogP contribution in [0.15, 0.2) is 22.7 Å². The molecule has 3 nitrogen and oxygen atoms in total. The maximum atomic E-state index is 5.99. The monoisotopic (exact) mass is 409 g/mol. The average molecular weight is 410 g/mol. The van der Waals surface area contributed by atoms with E-state index in [1.807, 2.05) is 0 Å². The highest BCUT2D eigenvalue weighted by atomic mass is 79.9. The number of rotatable bonds is 8. The Kier molecular flexibility index (Phi) is 8.09. The molecule has 1 saturated carbocycles. The van der Waals surface area contributed by atoms with Crippen LogP contribution in [0.25, 0.3) is 0 Å². The zero-order valence-electron chi connectivity index (χ0n) is 15.4. The molecule has 2 aliphatic rings. The fraction of sp³-hybridized carbons (Fsp3) is 0.714. The van der Waals surface area contributed by atoms with Gasteiger partial charge in [-0.1, -0.05) is 25.3 Å². The van der Waals surface area contributed by atoms with Crippen molar-refractivity contribution in [1.29, 1.82) is 0 Å². The van der Waals surface area contributed by atoms with Crippen LogP contribution in [0.4, 0.5) is 0 Å². The number of hydrogen-bond acceptors (Lipinski definition) is 3. The second kappa shape index (κ2) is 10.5. The van der Waals surface area contributed by atoms with Gasteiger partial charge in [-0.15, -0.1) is 0 Å². The molecule has 0 spiro atoms. The largest absolute Gasteiger partial charge is 0.492 e. The van der Waals surface area contributed by atoms with Gasteiger partial charge in [0.1, 0.15) is 5.75 Å². The predicted octanol–water partition coefficient (Wildman–Crippen LogP) is 5.38. The zero-order chi connectivity index (χ0) is 17.3. The summed E-state index contributed by atoms with van der Waals surface area (Å²) in [5.74, 6) is 1.74. The molecule has 0 radical (unpaired) electrons. The smallest absolute Gasteiger partial charge is 0.133 e. The third-order valence-corrected chi connectivity index (χ3v) is 6.13. The van der Waals surface area contributed by atoms with Crippen molar-refractivity contribution in [3.05, 3.63) is 28.2 Å². The molecule has 1 saturated heterocycles. The molecule has 1 aromatic rings. The standard InChI is InChI=1S/C21H32BrNO2/c22-20-17-19(18-7-3-1-4-8-18)9-10-21(20)25-14-6-2-5-11-23-12-15-24-16-13-23/h9-10,17-18H,1-8,11-16H2. The Morgan fingerprint density at radius 1 is 1.04 bits per heavy atom. The molecule has 25 heavy (non-hydrogen) atoms. The van der Waals surface area contributed by atoms with Crippen LogP contribution in [0.3, 0.4) is 0 Å². The number of halogens is 1. The van der Waals surface area contributed by atoms with Crippen LogP contribution in [-0.2, 0) is 4.74 Å². The number of unbranched alkanes of at least 4 members (excludes halogenated alkanes) is 2. The van der Waals surface area contributed by atoms with E-state index >= 15 is 0 Å². The summed E-state index contributed by atoms with van der Waals surface area (Å²) in [6.07, 6.45) is 10.5. The van der Waals surface area contributed by atoms with Gasteiger partial charge < -0.3 is 9.47 Å². The highest BCUT2D eigenvalue weighted by Crippen LogP contribution is 2.36. The van der Waals surface area contributed by atoms with Crippen molar-refractivity contribution in [2.45, 2.75) is 57.3 Å². The van der Waals surface area contributed by atoms with Gasteiger partial charge in [0.25, 0.3) is 0 Å². The van der Waals surface area contributed by atoms with Crippen molar-refractivity contribution in [3.8, 4) is 5.75 Å². The normalized spacial score (nSPS) is 19.9. The fourth-order valence-electron chi connectivity index (χ4n) is 3.95. The Bertz CT molecular complexity index is 511. The number of hydrogen-bond donors (Lipinski definition) is 0. The predicted molar refractivity (Wildman–Crippen MR) is 107 cm³/mol. The van der Waals surface area contributed by atoms with Crippen LogP contribution in [0, 0.1) is 0 Å². The van der Waals surface area contributed by atoms with Gasteiger partial charge in [0, 0.05) is 13.1 Å². The van der Waals surface area contributed by atoms with Crippen LogP contribution >= 0.6 is 15.9 Å². The molecule has 1 aliphatic carbocycles. The first kappa shape index (κ1) is 19.2. The molecule has 1 heterocycles. The van der Waals surface area contributed by atoms with Gasteiger partial charge in [-0.2, -0.15) is 0 Å². The third-order valence-electron chi connectivity index (χ3n) is 5.51. The van der Waals surface area contributed by atoms with Crippen LogP contribution in [0.5, 0.6) is 5.75 Å². The van der Waals surface area contributed by atoms with E-state index in [0.29, 0.717) is 0 Å². The van der Waals surface area contributed by atoms with Crippen LogP contribution < -0.4 is 4.74 Å². The minimum absolute atomic E-state index is 0.749. The molecule has 2 fully saturated rings. The summed E-state index contributed by atoms with van der Waals surface area (Å²) in [6, 6.07) is 6.71. The fourth-order valence-corrected chi connectivity index (χ4v) is 4.46. The second-order valence-corrected chi connectivity index (χ2v) is 8.24. The molecular formula is C21H32BrNO2. The van der Waals surface area contributed by atoms with E-state index in [1.54, 1.807) is 0 Å². The van der Waals surface area contributed by atoms with Gasteiger partial charge >= 0.3 is 0 Å². The van der Waals surface area contributed by atoms with E-state index in [0.717, 1.165) is 55.5 Å². The maximum Gasteiger partial charge on any atom is 0.133 e. The van der Waals surface area contributed by atoms with E-state index in [1.165, 1.54) is 57.1 Å². The Morgan fingerprint density at radius 2 is 1.84 bits per heavy atom. The molecular weight excluding hydrogens is 378 g/mol. The van der Waals surface area contributed by atoms with Gasteiger partial charge in [0.2, 0.25) is 0 Å². The van der Waals surface area contributed by atoms with Gasteiger partial charge in [-0.25, -0.2) is 0 Å². The summed E-state index contributed by atoms with van der Waals surface area (Å²) in [6.45, 7) is 5.99. The highest BCUT2D eigenvalue weighted by Gasteiger charge is 2.16. The molecule has 0 unspecified atom stereocenters. The first-order valence-corrected chi connectivity index (χ1v) is 10.8. The Hall–Kier alpha value is -0.580. The van der Waals surface area contributed by atoms with Gasteiger partial charge in [-0.05, 0) is 78.2 Å². The third kappa shape index (κ3) is 6.26. The number of morpholine rings is 1. The topological polar surface area (TPSA) is 21.7 Å². The SMILES string of the molecule is Brc1cc(C2CCCCC2)ccc1OCCCCCN1CCOCC1. The van der Waals surface area contributed by atoms with Crippen LogP contribution in [0.2, 0.25) is 0 Å². The quantitative estimate of drug-likeness (QED) is 0.538. The van der Waals surface area contributed by atoms with Crippen LogP contribution in [0.1, 0.15) is 62.8 Å². The van der Waals surface area contributed by atoms with Crippen molar-refractivity contribution >= 4 is 15.9 Å². The molecule has 0 amide bonds.